The largest absolute Gasteiger partial charge is 0.467 e. The van der Waals surface area contributed by atoms with Crippen molar-refractivity contribution in [2.24, 2.45) is 11.8 Å². The fourth-order valence-electron chi connectivity index (χ4n) is 3.62. The topological polar surface area (TPSA) is 102 Å². The van der Waals surface area contributed by atoms with Crippen molar-refractivity contribution in [2.45, 2.75) is 45.3 Å². The van der Waals surface area contributed by atoms with Gasteiger partial charge in [-0.15, -0.1) is 0 Å². The molecule has 1 saturated heterocycles. The van der Waals surface area contributed by atoms with Gasteiger partial charge >= 0.3 is 18.1 Å². The second-order valence-corrected chi connectivity index (χ2v) is 8.52. The quantitative estimate of drug-likeness (QED) is 0.567. The summed E-state index contributed by atoms with van der Waals surface area (Å²) >= 11 is 0. The third kappa shape index (κ3) is 7.74. The third-order valence-corrected chi connectivity index (χ3v) is 5.45. The van der Waals surface area contributed by atoms with Crippen molar-refractivity contribution in [2.75, 3.05) is 26.8 Å². The number of nitrogens with one attached hydrogen (secondary N) is 1. The van der Waals surface area contributed by atoms with Gasteiger partial charge in [0.1, 0.15) is 6.04 Å². The van der Waals surface area contributed by atoms with Crippen LogP contribution in [0, 0.1) is 11.8 Å². The first kappa shape index (κ1) is 27.1. The minimum atomic E-state index is -4.48. The van der Waals surface area contributed by atoms with Crippen LogP contribution in [0.5, 0.6) is 0 Å². The van der Waals surface area contributed by atoms with Gasteiger partial charge in [-0.3, -0.25) is 14.4 Å². The first-order valence-corrected chi connectivity index (χ1v) is 10.9. The van der Waals surface area contributed by atoms with Gasteiger partial charge < -0.3 is 19.7 Å². The summed E-state index contributed by atoms with van der Waals surface area (Å²) in [5.74, 6) is -2.61. The zero-order chi connectivity index (χ0) is 25.5. The van der Waals surface area contributed by atoms with Crippen LogP contribution in [-0.4, -0.2) is 61.5 Å². The Hall–Kier alpha value is -3.11. The minimum Gasteiger partial charge on any atom is -0.467 e. The fourth-order valence-corrected chi connectivity index (χ4v) is 3.62. The number of ether oxygens (including phenoxy) is 2. The van der Waals surface area contributed by atoms with Gasteiger partial charge in [-0.05, 0) is 49.4 Å². The van der Waals surface area contributed by atoms with Crippen molar-refractivity contribution in [3.63, 3.8) is 0 Å². The molecule has 1 atom stereocenters. The first-order chi connectivity index (χ1) is 15.9. The number of halogens is 3. The molecule has 0 bridgehead atoms. The van der Waals surface area contributed by atoms with Gasteiger partial charge in [0.05, 0.1) is 18.6 Å². The molecular formula is C23H29F3N2O6. The average molecular weight is 486 g/mol. The number of rotatable bonds is 8. The number of alkyl halides is 3. The lowest BCUT2D eigenvalue weighted by Gasteiger charge is -2.31. The lowest BCUT2D eigenvalue weighted by molar-refractivity contribution is -0.154. The predicted octanol–water partition coefficient (Wildman–Crippen LogP) is 2.80. The maximum atomic E-state index is 12.7. The summed E-state index contributed by atoms with van der Waals surface area (Å²) in [5.41, 5.74) is -0.705. The van der Waals surface area contributed by atoms with Crippen LogP contribution in [0.15, 0.2) is 24.3 Å². The van der Waals surface area contributed by atoms with Gasteiger partial charge in [0, 0.05) is 18.7 Å². The van der Waals surface area contributed by atoms with E-state index in [1.54, 1.807) is 0 Å². The van der Waals surface area contributed by atoms with Gasteiger partial charge in [-0.2, -0.15) is 13.2 Å². The Kier molecular flexibility index (Phi) is 9.46. The number of nitrogens with zero attached hydrogens (tertiary/aromatic N) is 1. The van der Waals surface area contributed by atoms with E-state index in [-0.39, 0.29) is 24.6 Å². The van der Waals surface area contributed by atoms with E-state index in [0.717, 1.165) is 24.3 Å². The number of esters is 2. The lowest BCUT2D eigenvalue weighted by Crippen LogP contribution is -2.44. The zero-order valence-electron chi connectivity index (χ0n) is 19.3. The molecule has 1 unspecified atom stereocenters. The number of piperidine rings is 1. The van der Waals surface area contributed by atoms with E-state index in [9.17, 15) is 32.3 Å². The summed E-state index contributed by atoms with van der Waals surface area (Å²) in [6, 6.07) is 3.13. The van der Waals surface area contributed by atoms with Crippen LogP contribution < -0.4 is 5.32 Å². The normalized spacial score (nSPS) is 15.6. The van der Waals surface area contributed by atoms with Crippen LogP contribution in [0.1, 0.15) is 49.0 Å². The van der Waals surface area contributed by atoms with Gasteiger partial charge in [-0.25, -0.2) is 4.79 Å². The van der Waals surface area contributed by atoms with Crippen molar-refractivity contribution in [1.29, 1.82) is 0 Å². The van der Waals surface area contributed by atoms with E-state index >= 15 is 0 Å². The summed E-state index contributed by atoms with van der Waals surface area (Å²) in [6.07, 6.45) is -3.51. The highest BCUT2D eigenvalue weighted by Gasteiger charge is 2.32. The number of carbonyl (C=O) groups is 4. The molecule has 34 heavy (non-hydrogen) atoms. The Morgan fingerprint density at radius 1 is 1.09 bits per heavy atom. The number of likely N-dealkylation sites (tertiary alicyclic amines) is 1. The number of amides is 2. The molecule has 0 spiro atoms. The highest BCUT2D eigenvalue weighted by molar-refractivity contribution is 5.94. The van der Waals surface area contributed by atoms with Gasteiger partial charge in [0.2, 0.25) is 0 Å². The average Bonchev–Trinajstić information content (AvgIpc) is 2.80. The summed E-state index contributed by atoms with van der Waals surface area (Å²) in [4.78, 5) is 50.2. The molecule has 2 amide bonds. The van der Waals surface area contributed by atoms with Gasteiger partial charge in [0.15, 0.2) is 6.61 Å². The van der Waals surface area contributed by atoms with E-state index in [4.69, 9.17) is 4.74 Å². The smallest absolute Gasteiger partial charge is 0.416 e. The minimum absolute atomic E-state index is 0.127. The van der Waals surface area contributed by atoms with Crippen molar-refractivity contribution in [3.05, 3.63) is 35.4 Å². The van der Waals surface area contributed by atoms with Crippen LogP contribution in [0.2, 0.25) is 0 Å². The molecule has 0 radical (unpaired) electrons. The molecule has 0 saturated carbocycles. The highest BCUT2D eigenvalue weighted by atomic mass is 19.4. The molecule has 0 aromatic heterocycles. The molecular weight excluding hydrogens is 457 g/mol. The Morgan fingerprint density at radius 2 is 1.68 bits per heavy atom. The molecule has 8 nitrogen and oxygen atoms in total. The summed E-state index contributed by atoms with van der Waals surface area (Å²) < 4.78 is 47.8. The molecule has 2 rings (SSSR count). The molecule has 188 valence electrons. The van der Waals surface area contributed by atoms with E-state index in [0.29, 0.717) is 19.3 Å². The van der Waals surface area contributed by atoms with Crippen LogP contribution in [0.25, 0.3) is 0 Å². The monoisotopic (exact) mass is 486 g/mol. The van der Waals surface area contributed by atoms with E-state index < -0.39 is 54.1 Å². The molecule has 1 aromatic carbocycles. The summed E-state index contributed by atoms with van der Waals surface area (Å²) in [5, 5.41) is 2.50. The number of hydrogen-bond acceptors (Lipinski definition) is 6. The lowest BCUT2D eigenvalue weighted by atomic mass is 9.96. The van der Waals surface area contributed by atoms with Crippen LogP contribution >= 0.6 is 0 Å². The fraction of sp³-hybridized carbons (Fsp3) is 0.565. The van der Waals surface area contributed by atoms with Gasteiger partial charge in [-0.1, -0.05) is 13.8 Å². The second-order valence-electron chi connectivity index (χ2n) is 8.52. The number of carbonyl (C=O) groups excluding carboxylic acids is 4. The van der Waals surface area contributed by atoms with E-state index in [2.05, 4.69) is 10.1 Å². The Balaban J connectivity index is 1.81. The molecule has 1 aromatic rings. The second kappa shape index (κ2) is 11.8. The van der Waals surface area contributed by atoms with Crippen molar-refractivity contribution < 1.29 is 41.8 Å². The van der Waals surface area contributed by atoms with Crippen LogP contribution in [-0.2, 0) is 30.0 Å². The Bertz CT molecular complexity index is 878. The molecule has 0 aliphatic carbocycles. The number of methoxy groups -OCH3 is 1. The molecule has 1 aliphatic heterocycles. The third-order valence-electron chi connectivity index (χ3n) is 5.45. The molecule has 1 heterocycles. The highest BCUT2D eigenvalue weighted by Crippen LogP contribution is 2.29. The van der Waals surface area contributed by atoms with E-state index in [1.165, 1.54) is 12.0 Å². The molecule has 1 N–H and O–H groups in total. The zero-order valence-corrected chi connectivity index (χ0v) is 19.3. The molecule has 1 aliphatic rings. The SMILES string of the molecule is COC(=O)C(CC(C)C)NC(=O)COC(=O)C1CCN(C(=O)c2ccc(C(F)(F)F)cc2)CC1. The van der Waals surface area contributed by atoms with Gasteiger partial charge in [0.25, 0.3) is 11.8 Å². The maximum Gasteiger partial charge on any atom is 0.416 e. The number of hydrogen-bond donors (Lipinski definition) is 1. The van der Waals surface area contributed by atoms with Crippen LogP contribution in [0.4, 0.5) is 13.2 Å². The van der Waals surface area contributed by atoms with E-state index in [1.807, 2.05) is 13.8 Å². The first-order valence-electron chi connectivity index (χ1n) is 10.9. The maximum absolute atomic E-state index is 12.7. The van der Waals surface area contributed by atoms with Crippen molar-refractivity contribution in [3.8, 4) is 0 Å². The van der Waals surface area contributed by atoms with Crippen molar-refractivity contribution >= 4 is 23.8 Å². The van der Waals surface area contributed by atoms with Crippen LogP contribution in [0.3, 0.4) is 0 Å². The standard InChI is InChI=1S/C23H29F3N2O6/c1-14(2)12-18(22(32)33-3)27-19(29)13-34-21(31)16-8-10-28(11-9-16)20(30)15-4-6-17(7-5-15)23(24,25)26/h4-7,14,16,18H,8-13H2,1-3H3,(H,27,29). The Labute approximate surface area is 195 Å². The number of benzene rings is 1. The van der Waals surface area contributed by atoms with Crippen molar-refractivity contribution in [1.82, 2.24) is 10.2 Å². The summed E-state index contributed by atoms with van der Waals surface area (Å²) in [7, 11) is 1.22. The Morgan fingerprint density at radius 3 is 2.18 bits per heavy atom. The predicted molar refractivity (Wildman–Crippen MR) is 114 cm³/mol. The summed E-state index contributed by atoms with van der Waals surface area (Å²) in [6.45, 7) is 3.68. The molecule has 1 fully saturated rings. The molecule has 11 heteroatoms.